The van der Waals surface area contributed by atoms with Gasteiger partial charge in [-0.2, -0.15) is 0 Å². The summed E-state index contributed by atoms with van der Waals surface area (Å²) >= 11 is 4.35. The van der Waals surface area contributed by atoms with Crippen molar-refractivity contribution < 1.29 is 9.53 Å². The van der Waals surface area contributed by atoms with E-state index in [2.05, 4.69) is 84.7 Å². The maximum absolute atomic E-state index is 13.0. The second-order valence-corrected chi connectivity index (χ2v) is 23.0. The van der Waals surface area contributed by atoms with Crippen molar-refractivity contribution in [2.24, 2.45) is 0 Å². The monoisotopic (exact) mass is 480 g/mol. The Balaban J connectivity index is 4.91. The quantitative estimate of drug-likeness (QED) is 0.167. The molecule has 0 unspecified atom stereocenters. The molecule has 0 N–H and O–H groups in total. The molecule has 0 fully saturated rings. The summed E-state index contributed by atoms with van der Waals surface area (Å²) < 4.78 is 5.76. The van der Waals surface area contributed by atoms with Gasteiger partial charge >= 0.3 is 178 Å². The van der Waals surface area contributed by atoms with Crippen molar-refractivity contribution in [2.45, 2.75) is 136 Å². The first-order valence-corrected chi connectivity index (χ1v) is 15.9. The van der Waals surface area contributed by atoms with E-state index < -0.39 is 5.31 Å². The van der Waals surface area contributed by atoms with Crippen LogP contribution in [0.4, 0.5) is 0 Å². The Bertz CT molecular complexity index is 442. The molecule has 0 bridgehead atoms. The molecule has 0 aliphatic heterocycles. The van der Waals surface area contributed by atoms with Crippen LogP contribution in [0.3, 0.4) is 0 Å². The van der Waals surface area contributed by atoms with Gasteiger partial charge in [-0.25, -0.2) is 0 Å². The Labute approximate surface area is 185 Å². The number of carbonyl (C=O) groups excluding carboxylic acids is 1. The summed E-state index contributed by atoms with van der Waals surface area (Å²) in [5.74, 6) is -0.0303. The summed E-state index contributed by atoms with van der Waals surface area (Å²) in [5.41, 5.74) is 0. The fraction of sp³-hybridized carbons (Fsp3) is 0.958. The summed E-state index contributed by atoms with van der Waals surface area (Å²) in [5, 5.41) is -2.77. The number of ether oxygens (including phenoxy) is 1. The summed E-state index contributed by atoms with van der Waals surface area (Å²) in [4.78, 5) is 13.0. The van der Waals surface area contributed by atoms with Gasteiger partial charge < -0.3 is 0 Å². The van der Waals surface area contributed by atoms with Crippen LogP contribution < -0.4 is 0 Å². The van der Waals surface area contributed by atoms with Crippen molar-refractivity contribution >= 4 is 26.8 Å². The fourth-order valence-electron chi connectivity index (χ4n) is 5.44. The first-order chi connectivity index (χ1) is 12.5. The molecule has 0 radical (unpaired) electrons. The van der Waals surface area contributed by atoms with Crippen molar-refractivity contribution in [3.63, 3.8) is 0 Å². The van der Waals surface area contributed by atoms with Gasteiger partial charge in [0.05, 0.1) is 0 Å². The second-order valence-electron chi connectivity index (χ2n) is 11.5. The zero-order valence-electron chi connectivity index (χ0n) is 20.7. The Morgan fingerprint density at radius 1 is 0.714 bits per heavy atom. The zero-order chi connectivity index (χ0) is 22.3. The Kier molecular flexibility index (Phi) is 10.8. The van der Waals surface area contributed by atoms with Gasteiger partial charge in [-0.05, 0) is 0 Å². The van der Waals surface area contributed by atoms with E-state index in [0.717, 1.165) is 12.8 Å². The predicted octanol–water partition coefficient (Wildman–Crippen LogP) is 8.93. The Morgan fingerprint density at radius 2 is 1.07 bits per heavy atom. The van der Waals surface area contributed by atoms with Crippen molar-refractivity contribution in [2.75, 3.05) is 12.8 Å². The first-order valence-electron chi connectivity index (χ1n) is 11.4. The molecular weight excluding hydrogens is 431 g/mol. The second kappa shape index (κ2) is 10.6. The summed E-state index contributed by atoms with van der Waals surface area (Å²) in [6, 6.07) is 0. The number of hydrogen-bond acceptors (Lipinski definition) is 2. The number of hydrogen-bond donors (Lipinski definition) is 0. The molecule has 0 amide bonds. The molecule has 0 heterocycles. The van der Waals surface area contributed by atoms with E-state index in [4.69, 9.17) is 4.74 Å². The fourth-order valence-corrected chi connectivity index (χ4v) is 14.1. The van der Waals surface area contributed by atoms with Crippen LogP contribution >= 0.6 is 20.8 Å². The van der Waals surface area contributed by atoms with E-state index in [1.54, 1.807) is 0 Å². The maximum atomic E-state index is 13.0. The van der Waals surface area contributed by atoms with Crippen LogP contribution in [0.1, 0.15) is 121 Å². The van der Waals surface area contributed by atoms with E-state index in [1.807, 2.05) is 0 Å². The Hall–Kier alpha value is 0.380. The molecular formula is C24H50BrO2P. The minimum atomic E-state index is -2.73. The van der Waals surface area contributed by atoms with E-state index in [-0.39, 0.29) is 21.4 Å². The van der Waals surface area contributed by atoms with E-state index in [0.29, 0.717) is 12.8 Å². The molecule has 0 aliphatic rings. The van der Waals surface area contributed by atoms with Crippen molar-refractivity contribution in [3.8, 4) is 0 Å². The van der Waals surface area contributed by atoms with Crippen LogP contribution in [-0.2, 0) is 9.53 Å². The summed E-state index contributed by atoms with van der Waals surface area (Å²) in [6.45, 7) is 23.5. The van der Waals surface area contributed by atoms with E-state index in [9.17, 15) is 4.79 Å². The molecule has 0 aromatic rings. The minimum absolute atomic E-state index is 0.0143. The number of carbonyl (C=O) groups is 1. The number of halogens is 1. The van der Waals surface area contributed by atoms with Gasteiger partial charge in [-0.15, -0.1) is 0 Å². The number of rotatable bonds is 11. The molecule has 0 saturated heterocycles. The van der Waals surface area contributed by atoms with Gasteiger partial charge in [0.2, 0.25) is 0 Å². The standard InChI is InChI=1S/C24H50BrO2P/c1-11-12-13-14-15-16-17-18-19-27-21(26)20-28(25,22(2,3)4,23(5,6)7)24(8,9)10/h11-20H2,1-10H3. The van der Waals surface area contributed by atoms with E-state index in [1.165, 1.54) is 38.5 Å². The van der Waals surface area contributed by atoms with Crippen LogP contribution in [0.15, 0.2) is 0 Å². The summed E-state index contributed by atoms with van der Waals surface area (Å²) in [7, 11) is 0. The molecule has 0 aliphatic carbocycles. The molecule has 2 nitrogen and oxygen atoms in total. The van der Waals surface area contributed by atoms with Gasteiger partial charge in [-0.3, -0.25) is 0 Å². The molecule has 0 atom stereocenters. The SMILES string of the molecule is CCCCCCCCCCOC(=O)CP(Br)(C(C)(C)C)(C(C)(C)C)C(C)(C)C. The van der Waals surface area contributed by atoms with Gasteiger partial charge in [-0.1, -0.05) is 6.92 Å². The number of unbranched alkanes of at least 4 members (excludes halogenated alkanes) is 7. The molecule has 170 valence electrons. The average molecular weight is 482 g/mol. The molecule has 0 rings (SSSR count). The van der Waals surface area contributed by atoms with Gasteiger partial charge in [0, 0.05) is 0 Å². The normalized spacial score (nSPS) is 15.2. The summed E-state index contributed by atoms with van der Waals surface area (Å²) in [6.07, 6.45) is 10.6. The first kappa shape index (κ1) is 28.4. The molecule has 0 aromatic carbocycles. The average Bonchev–Trinajstić information content (AvgIpc) is 2.49. The predicted molar refractivity (Wildman–Crippen MR) is 134 cm³/mol. The van der Waals surface area contributed by atoms with Crippen molar-refractivity contribution in [1.29, 1.82) is 0 Å². The molecule has 0 spiro atoms. The van der Waals surface area contributed by atoms with Crippen molar-refractivity contribution in [1.82, 2.24) is 0 Å². The topological polar surface area (TPSA) is 26.3 Å². The Morgan fingerprint density at radius 3 is 1.43 bits per heavy atom. The van der Waals surface area contributed by atoms with Crippen LogP contribution in [0.5, 0.6) is 0 Å². The third-order valence-corrected chi connectivity index (χ3v) is 26.5. The van der Waals surface area contributed by atoms with Crippen LogP contribution in [0.2, 0.25) is 0 Å². The third kappa shape index (κ3) is 5.96. The van der Waals surface area contributed by atoms with Gasteiger partial charge in [0.25, 0.3) is 0 Å². The zero-order valence-corrected chi connectivity index (χ0v) is 23.2. The molecule has 0 aromatic heterocycles. The van der Waals surface area contributed by atoms with E-state index >= 15 is 0 Å². The third-order valence-electron chi connectivity index (χ3n) is 6.88. The van der Waals surface area contributed by atoms with Gasteiger partial charge in [0.15, 0.2) is 0 Å². The van der Waals surface area contributed by atoms with Crippen LogP contribution in [0, 0.1) is 0 Å². The molecule has 4 heteroatoms. The number of esters is 1. The van der Waals surface area contributed by atoms with Crippen LogP contribution in [-0.4, -0.2) is 34.2 Å². The van der Waals surface area contributed by atoms with Crippen LogP contribution in [0.25, 0.3) is 0 Å². The molecule has 28 heavy (non-hydrogen) atoms. The van der Waals surface area contributed by atoms with Crippen molar-refractivity contribution in [3.05, 3.63) is 0 Å². The molecule has 0 saturated carbocycles. The van der Waals surface area contributed by atoms with Gasteiger partial charge in [0.1, 0.15) is 0 Å².